The highest BCUT2D eigenvalue weighted by Gasteiger charge is 2.39. The van der Waals surface area contributed by atoms with Crippen LogP contribution < -0.4 is 0 Å². The van der Waals surface area contributed by atoms with Crippen LogP contribution >= 0.6 is 0 Å². The zero-order valence-corrected chi connectivity index (χ0v) is 35.5. The quantitative estimate of drug-likeness (QED) is 0.140. The van der Waals surface area contributed by atoms with Crippen molar-refractivity contribution in [2.45, 2.75) is 129 Å². The molecule has 10 heteroatoms. The Morgan fingerprint density at radius 2 is 0.879 bits per heavy atom. The first-order valence-corrected chi connectivity index (χ1v) is 22.8. The maximum atomic E-state index is 13.8. The molecule has 2 atom stereocenters. The van der Waals surface area contributed by atoms with Gasteiger partial charge >= 0.3 is 0 Å². The topological polar surface area (TPSA) is 104 Å². The Hall–Kier alpha value is -4.28. The van der Waals surface area contributed by atoms with Crippen LogP contribution in [0.25, 0.3) is 33.6 Å². The average molecular weight is 787 g/mol. The molecule has 58 heavy (non-hydrogen) atoms. The van der Waals surface area contributed by atoms with Gasteiger partial charge in [-0.2, -0.15) is 0 Å². The first kappa shape index (κ1) is 40.5. The third kappa shape index (κ3) is 8.42. The number of benzene rings is 2. The van der Waals surface area contributed by atoms with E-state index in [-0.39, 0.29) is 23.9 Å². The van der Waals surface area contributed by atoms with E-state index in [1.54, 1.807) is 0 Å². The highest BCUT2D eigenvalue weighted by atomic mass is 16.2. The fourth-order valence-electron chi connectivity index (χ4n) is 10.9. The molecule has 0 radical (unpaired) electrons. The summed E-state index contributed by atoms with van der Waals surface area (Å²) in [6.45, 7) is 15.0. The van der Waals surface area contributed by atoms with Gasteiger partial charge in [-0.1, -0.05) is 76.2 Å². The summed E-state index contributed by atoms with van der Waals surface area (Å²) in [7, 11) is 0. The van der Waals surface area contributed by atoms with Crippen LogP contribution in [0.1, 0.15) is 128 Å². The van der Waals surface area contributed by atoms with Gasteiger partial charge in [-0.3, -0.25) is 9.59 Å². The third-order valence-corrected chi connectivity index (χ3v) is 14.4. The third-order valence-electron chi connectivity index (χ3n) is 14.4. The van der Waals surface area contributed by atoms with Gasteiger partial charge in [-0.25, -0.2) is 9.97 Å². The number of aromatic nitrogens is 4. The second-order valence-electron chi connectivity index (χ2n) is 17.4. The lowest BCUT2D eigenvalue weighted by Gasteiger charge is -2.37. The maximum Gasteiger partial charge on any atom is 0.226 e. The van der Waals surface area contributed by atoms with Crippen LogP contribution in [0.15, 0.2) is 60.9 Å². The number of rotatable bonds is 13. The largest absolute Gasteiger partial charge is 0.340 e. The molecule has 2 aliphatic carbocycles. The van der Waals surface area contributed by atoms with Gasteiger partial charge in [0, 0.05) is 37.0 Å². The van der Waals surface area contributed by atoms with E-state index in [0.717, 1.165) is 162 Å². The predicted octanol–water partition coefficient (Wildman–Crippen LogP) is 9.26. The number of nitrogens with zero attached hydrogens (tertiary/aromatic N) is 6. The van der Waals surface area contributed by atoms with Gasteiger partial charge in [0.25, 0.3) is 0 Å². The van der Waals surface area contributed by atoms with Gasteiger partial charge in [0.1, 0.15) is 11.6 Å². The molecule has 4 aliphatic rings. The lowest BCUT2D eigenvalue weighted by atomic mass is 9.84. The molecule has 0 spiro atoms. The summed E-state index contributed by atoms with van der Waals surface area (Å²) in [6.07, 6.45) is 16.3. The highest BCUT2D eigenvalue weighted by molar-refractivity contribution is 5.80. The summed E-state index contributed by atoms with van der Waals surface area (Å²) in [5.74, 6) is 2.73. The summed E-state index contributed by atoms with van der Waals surface area (Å²) in [5.41, 5.74) is 6.43. The van der Waals surface area contributed by atoms with Gasteiger partial charge in [0.05, 0.1) is 35.9 Å². The van der Waals surface area contributed by atoms with Crippen molar-refractivity contribution in [2.24, 2.45) is 11.8 Å². The van der Waals surface area contributed by atoms with Crippen molar-refractivity contribution in [2.75, 3.05) is 39.3 Å². The summed E-state index contributed by atoms with van der Waals surface area (Å²) >= 11 is 0. The van der Waals surface area contributed by atoms with Gasteiger partial charge in [0.2, 0.25) is 11.8 Å². The summed E-state index contributed by atoms with van der Waals surface area (Å²) in [5, 5.41) is 0. The number of imidazole rings is 2. The summed E-state index contributed by atoms with van der Waals surface area (Å²) < 4.78 is 0. The normalized spacial score (nSPS) is 25.3. The van der Waals surface area contributed by atoms with Crippen molar-refractivity contribution in [1.29, 1.82) is 0 Å². The number of nitrogens with one attached hydrogen (secondary N) is 2. The van der Waals surface area contributed by atoms with Crippen molar-refractivity contribution in [3.63, 3.8) is 0 Å². The minimum absolute atomic E-state index is 0.0257. The molecule has 2 aliphatic heterocycles. The van der Waals surface area contributed by atoms with Crippen LogP contribution in [0.3, 0.4) is 0 Å². The van der Waals surface area contributed by atoms with E-state index in [1.165, 1.54) is 0 Å². The van der Waals surface area contributed by atoms with Crippen LogP contribution in [0.4, 0.5) is 0 Å². The van der Waals surface area contributed by atoms with Crippen LogP contribution in [0.5, 0.6) is 0 Å². The molecule has 2 saturated heterocycles. The number of hydrogen-bond donors (Lipinski definition) is 2. The summed E-state index contributed by atoms with van der Waals surface area (Å²) in [4.78, 5) is 53.7. The van der Waals surface area contributed by atoms with Gasteiger partial charge in [-0.05, 0) is 125 Å². The Labute approximate surface area is 346 Å². The molecule has 10 nitrogen and oxygen atoms in total. The molecule has 8 rings (SSSR count). The highest BCUT2D eigenvalue weighted by Crippen LogP contribution is 2.38. The fourth-order valence-corrected chi connectivity index (χ4v) is 10.9. The second kappa shape index (κ2) is 18.3. The van der Waals surface area contributed by atoms with E-state index in [0.29, 0.717) is 23.9 Å². The number of hydrogen-bond acceptors (Lipinski definition) is 6. The number of carbonyl (C=O) groups is 2. The molecule has 4 heterocycles. The van der Waals surface area contributed by atoms with E-state index in [4.69, 9.17) is 9.97 Å². The van der Waals surface area contributed by atoms with Crippen LogP contribution in [0.2, 0.25) is 0 Å². The molecular weight excluding hydrogens is 721 g/mol. The Morgan fingerprint density at radius 3 is 1.22 bits per heavy atom. The zero-order valence-electron chi connectivity index (χ0n) is 35.5. The fraction of sp³-hybridized carbons (Fsp3) is 0.583. The van der Waals surface area contributed by atoms with Crippen LogP contribution in [0, 0.1) is 11.8 Å². The monoisotopic (exact) mass is 787 g/mol. The van der Waals surface area contributed by atoms with E-state index in [1.807, 2.05) is 12.4 Å². The molecule has 2 aromatic carbocycles. The van der Waals surface area contributed by atoms with Gasteiger partial charge < -0.3 is 29.6 Å². The Balaban J connectivity index is 0.865. The Bertz CT molecular complexity index is 1800. The summed E-state index contributed by atoms with van der Waals surface area (Å²) in [6, 6.07) is 18.6. The first-order chi connectivity index (χ1) is 28.4. The van der Waals surface area contributed by atoms with E-state index >= 15 is 0 Å². The lowest BCUT2D eigenvalue weighted by molar-refractivity contribution is -0.138. The molecule has 2 amide bonds. The number of carbonyl (C=O) groups excluding carboxylic acids is 2. The molecule has 310 valence electrons. The minimum Gasteiger partial charge on any atom is -0.340 e. The lowest BCUT2D eigenvalue weighted by Crippen LogP contribution is -2.42. The van der Waals surface area contributed by atoms with Crippen LogP contribution in [-0.2, 0) is 9.59 Å². The number of aromatic amines is 2. The van der Waals surface area contributed by atoms with Gasteiger partial charge in [0.15, 0.2) is 0 Å². The zero-order chi connectivity index (χ0) is 40.2. The van der Waals surface area contributed by atoms with E-state index < -0.39 is 0 Å². The smallest absolute Gasteiger partial charge is 0.226 e. The number of H-pyrrole nitrogens is 2. The van der Waals surface area contributed by atoms with Crippen molar-refractivity contribution in [3.05, 3.63) is 72.6 Å². The van der Waals surface area contributed by atoms with E-state index in [9.17, 15) is 9.59 Å². The van der Waals surface area contributed by atoms with Crippen molar-refractivity contribution in [3.8, 4) is 33.6 Å². The Morgan fingerprint density at radius 1 is 0.534 bits per heavy atom. The minimum atomic E-state index is 0.0257. The standard InChI is InChI=1S/C48H66N8O2/c1-5-53(6-2)39-25-21-37(22-26-39)47(57)55-29-9-11-43(55)45-49-31-41(51-45)35-17-13-33(14-18-35)34-15-19-36(20-16-34)42-32-50-46(52-42)44-12-10-30-56(44)48(58)38-23-27-40(28-24-38)54(7-3)8-4/h13-20,31-32,37-40,43-44H,5-12,21-30H2,1-4H3,(H,49,51)(H,50,52)/t37-,38?,39+,40?,43?,44?. The van der Waals surface area contributed by atoms with Crippen molar-refractivity contribution in [1.82, 2.24) is 39.5 Å². The Kier molecular flexibility index (Phi) is 12.8. The second-order valence-corrected chi connectivity index (χ2v) is 17.4. The predicted molar refractivity (Wildman–Crippen MR) is 232 cm³/mol. The maximum absolute atomic E-state index is 13.8. The molecule has 4 fully saturated rings. The van der Waals surface area contributed by atoms with Gasteiger partial charge in [-0.15, -0.1) is 0 Å². The van der Waals surface area contributed by atoms with Crippen LogP contribution in [-0.4, -0.2) is 103 Å². The molecule has 2 N–H and O–H groups in total. The molecule has 2 saturated carbocycles. The molecule has 2 unspecified atom stereocenters. The molecule has 0 bridgehead atoms. The first-order valence-electron chi connectivity index (χ1n) is 22.8. The van der Waals surface area contributed by atoms with E-state index in [2.05, 4.69) is 106 Å². The number of amides is 2. The SMILES string of the molecule is CCN(CC)C1CCC(C(=O)N2CCCC2c2ncc(-c3ccc(-c4ccc(-c5cnc(C6CCCN6C(=O)[C@H]6CC[C@@H](N(CC)CC)CC6)[nH]5)cc4)cc3)[nH]2)CC1. The number of likely N-dealkylation sites (tertiary alicyclic amines) is 2. The average Bonchev–Trinajstić information content (AvgIpc) is 4.12. The van der Waals surface area contributed by atoms with Crippen molar-refractivity contribution >= 4 is 11.8 Å². The van der Waals surface area contributed by atoms with Crippen molar-refractivity contribution < 1.29 is 9.59 Å². The molecule has 4 aromatic rings. The molecule has 2 aromatic heterocycles. The molecular formula is C48H66N8O2.